The molecule has 1 saturated carbocycles. The fraction of sp³-hybridized carbons (Fsp3) is 0.462. The first kappa shape index (κ1) is 11.0. The molecule has 86 valence electrons. The lowest BCUT2D eigenvalue weighted by atomic mass is 9.85. The van der Waals surface area contributed by atoms with E-state index in [9.17, 15) is 4.79 Å². The normalized spacial score (nSPS) is 15.5. The number of anilines is 1. The summed E-state index contributed by atoms with van der Waals surface area (Å²) < 4.78 is 0. The highest BCUT2D eigenvalue weighted by molar-refractivity contribution is 5.73. The molecule has 0 bridgehead atoms. The summed E-state index contributed by atoms with van der Waals surface area (Å²) in [5.74, 6) is -0.0808. The number of carboxylic acids is 1. The van der Waals surface area contributed by atoms with Gasteiger partial charge in [-0.15, -0.1) is 0 Å². The van der Waals surface area contributed by atoms with E-state index in [0.717, 1.165) is 12.2 Å². The van der Waals surface area contributed by atoms with Crippen LogP contribution in [0, 0.1) is 5.92 Å². The van der Waals surface area contributed by atoms with Crippen molar-refractivity contribution in [2.75, 3.05) is 18.0 Å². The Labute approximate surface area is 95.7 Å². The number of carboxylic acid groups (broad SMARTS) is 1. The van der Waals surface area contributed by atoms with E-state index in [1.807, 2.05) is 35.2 Å². The van der Waals surface area contributed by atoms with Crippen LogP contribution in [0.15, 0.2) is 30.3 Å². The van der Waals surface area contributed by atoms with Crippen molar-refractivity contribution in [3.63, 3.8) is 0 Å². The number of rotatable bonds is 5. The Morgan fingerprint density at radius 3 is 2.50 bits per heavy atom. The van der Waals surface area contributed by atoms with Crippen LogP contribution in [0.4, 0.5) is 5.69 Å². The molecule has 1 aliphatic rings. The molecule has 2 rings (SSSR count). The summed E-state index contributed by atoms with van der Waals surface area (Å²) in [5.41, 5.74) is 1.01. The van der Waals surface area contributed by atoms with Crippen LogP contribution in [0.3, 0.4) is 0 Å². The van der Waals surface area contributed by atoms with Crippen molar-refractivity contribution in [2.24, 2.45) is 5.92 Å². The van der Waals surface area contributed by atoms with E-state index in [4.69, 9.17) is 5.11 Å². The molecular weight excluding hydrogens is 202 g/mol. The fourth-order valence-corrected chi connectivity index (χ4v) is 2.05. The minimum atomic E-state index is -0.761. The first-order chi connectivity index (χ1) is 7.75. The van der Waals surface area contributed by atoms with Gasteiger partial charge in [-0.25, -0.2) is 0 Å². The summed E-state index contributed by atoms with van der Waals surface area (Å²) in [7, 11) is 0. The number of hydrogen-bond acceptors (Lipinski definition) is 2. The average molecular weight is 219 g/mol. The molecule has 1 aromatic carbocycles. The Bertz CT molecular complexity index is 346. The van der Waals surface area contributed by atoms with Crippen molar-refractivity contribution >= 4 is 11.7 Å². The van der Waals surface area contributed by atoms with Crippen LogP contribution in [0.25, 0.3) is 0 Å². The predicted molar refractivity (Wildman–Crippen MR) is 63.6 cm³/mol. The second kappa shape index (κ2) is 5.01. The quantitative estimate of drug-likeness (QED) is 0.826. The first-order valence-corrected chi connectivity index (χ1v) is 5.77. The number of aliphatic carboxylic acids is 1. The molecule has 0 unspecified atom stereocenters. The predicted octanol–water partition coefficient (Wildman–Crippen LogP) is 2.38. The third kappa shape index (κ3) is 2.75. The highest BCUT2D eigenvalue weighted by Crippen LogP contribution is 2.28. The van der Waals surface area contributed by atoms with Crippen molar-refractivity contribution in [3.05, 3.63) is 30.3 Å². The molecule has 3 heteroatoms. The zero-order chi connectivity index (χ0) is 11.4. The van der Waals surface area contributed by atoms with E-state index in [2.05, 4.69) is 0 Å². The molecule has 0 saturated heterocycles. The summed E-state index contributed by atoms with van der Waals surface area (Å²) in [6.45, 7) is 0.969. The van der Waals surface area contributed by atoms with Crippen molar-refractivity contribution in [2.45, 2.75) is 19.3 Å². The van der Waals surface area contributed by atoms with Crippen LogP contribution in [-0.4, -0.2) is 24.2 Å². The number of hydrogen-bond donors (Lipinski definition) is 1. The van der Waals surface area contributed by atoms with Crippen LogP contribution in [0.2, 0.25) is 0 Å². The number of para-hydroxylation sites is 1. The molecule has 1 fully saturated rings. The zero-order valence-corrected chi connectivity index (χ0v) is 9.30. The summed E-state index contributed by atoms with van der Waals surface area (Å²) >= 11 is 0. The van der Waals surface area contributed by atoms with Gasteiger partial charge < -0.3 is 10.0 Å². The minimum absolute atomic E-state index is 0.0977. The van der Waals surface area contributed by atoms with E-state index < -0.39 is 5.97 Å². The third-order valence-electron chi connectivity index (χ3n) is 3.15. The van der Waals surface area contributed by atoms with Crippen molar-refractivity contribution in [1.82, 2.24) is 0 Å². The lowest BCUT2D eigenvalue weighted by molar-refractivity contribution is -0.135. The van der Waals surface area contributed by atoms with E-state index in [-0.39, 0.29) is 6.54 Å². The molecule has 0 spiro atoms. The molecule has 1 aliphatic carbocycles. The molecule has 0 aliphatic heterocycles. The Morgan fingerprint density at radius 2 is 2.00 bits per heavy atom. The number of nitrogens with zero attached hydrogens (tertiary/aromatic N) is 1. The minimum Gasteiger partial charge on any atom is -0.480 e. The molecule has 1 aromatic rings. The molecule has 3 nitrogen and oxygen atoms in total. The van der Waals surface area contributed by atoms with Crippen molar-refractivity contribution < 1.29 is 9.90 Å². The molecule has 0 radical (unpaired) electrons. The smallest absolute Gasteiger partial charge is 0.323 e. The Morgan fingerprint density at radius 1 is 1.31 bits per heavy atom. The number of benzene rings is 1. The van der Waals surface area contributed by atoms with Gasteiger partial charge in [0.05, 0.1) is 0 Å². The maximum Gasteiger partial charge on any atom is 0.323 e. The van der Waals surface area contributed by atoms with E-state index in [0.29, 0.717) is 5.92 Å². The van der Waals surface area contributed by atoms with Crippen LogP contribution in [0.1, 0.15) is 19.3 Å². The Balaban J connectivity index is 2.04. The maximum atomic E-state index is 10.8. The van der Waals surface area contributed by atoms with E-state index >= 15 is 0 Å². The molecule has 0 atom stereocenters. The largest absolute Gasteiger partial charge is 0.480 e. The van der Waals surface area contributed by atoms with Gasteiger partial charge in [-0.2, -0.15) is 0 Å². The van der Waals surface area contributed by atoms with Crippen molar-refractivity contribution in [3.8, 4) is 0 Å². The molecule has 1 N–H and O–H groups in total. The van der Waals surface area contributed by atoms with Gasteiger partial charge >= 0.3 is 5.97 Å². The highest BCUT2D eigenvalue weighted by atomic mass is 16.4. The average Bonchev–Trinajstić information content (AvgIpc) is 2.22. The number of carbonyl (C=O) groups is 1. The molecule has 16 heavy (non-hydrogen) atoms. The fourth-order valence-electron chi connectivity index (χ4n) is 2.05. The summed E-state index contributed by atoms with van der Waals surface area (Å²) in [6.07, 6.45) is 3.77. The molecular formula is C13H17NO2. The Hall–Kier alpha value is -1.51. The van der Waals surface area contributed by atoms with E-state index in [1.165, 1.54) is 19.3 Å². The van der Waals surface area contributed by atoms with Crippen molar-refractivity contribution in [1.29, 1.82) is 0 Å². The van der Waals surface area contributed by atoms with Gasteiger partial charge in [0, 0.05) is 12.2 Å². The molecule has 0 aromatic heterocycles. The second-order valence-electron chi connectivity index (χ2n) is 4.41. The van der Waals surface area contributed by atoms with Gasteiger partial charge in [0.15, 0.2) is 0 Å². The topological polar surface area (TPSA) is 40.5 Å². The van der Waals surface area contributed by atoms with Gasteiger partial charge in [-0.3, -0.25) is 4.79 Å². The van der Waals surface area contributed by atoms with Crippen LogP contribution in [0.5, 0.6) is 0 Å². The summed E-state index contributed by atoms with van der Waals surface area (Å²) in [4.78, 5) is 12.8. The maximum absolute atomic E-state index is 10.8. The lowest BCUT2D eigenvalue weighted by Gasteiger charge is -2.32. The van der Waals surface area contributed by atoms with Crippen LogP contribution in [-0.2, 0) is 4.79 Å². The zero-order valence-electron chi connectivity index (χ0n) is 9.30. The van der Waals surface area contributed by atoms with Gasteiger partial charge in [-0.1, -0.05) is 24.6 Å². The second-order valence-corrected chi connectivity index (χ2v) is 4.41. The summed E-state index contributed by atoms with van der Waals surface area (Å²) in [5, 5.41) is 8.91. The van der Waals surface area contributed by atoms with Gasteiger partial charge in [0.25, 0.3) is 0 Å². The SMILES string of the molecule is O=C(O)CN(CC1CCC1)c1ccccc1. The third-order valence-corrected chi connectivity index (χ3v) is 3.15. The first-order valence-electron chi connectivity index (χ1n) is 5.77. The van der Waals surface area contributed by atoms with Gasteiger partial charge in [-0.05, 0) is 30.9 Å². The lowest BCUT2D eigenvalue weighted by Crippen LogP contribution is -2.36. The van der Waals surface area contributed by atoms with Gasteiger partial charge in [0.2, 0.25) is 0 Å². The Kier molecular flexibility index (Phi) is 3.44. The highest BCUT2D eigenvalue weighted by Gasteiger charge is 2.21. The van der Waals surface area contributed by atoms with Gasteiger partial charge in [0.1, 0.15) is 6.54 Å². The van der Waals surface area contributed by atoms with E-state index in [1.54, 1.807) is 0 Å². The monoisotopic (exact) mass is 219 g/mol. The molecule has 0 amide bonds. The van der Waals surface area contributed by atoms with Crippen LogP contribution < -0.4 is 4.90 Å². The summed E-state index contributed by atoms with van der Waals surface area (Å²) in [6, 6.07) is 9.80. The van der Waals surface area contributed by atoms with Crippen LogP contribution >= 0.6 is 0 Å². The molecule has 0 heterocycles. The standard InChI is InChI=1S/C13H17NO2/c15-13(16)10-14(9-11-5-4-6-11)12-7-2-1-3-8-12/h1-3,7-8,11H,4-6,9-10H2,(H,15,16).